The van der Waals surface area contributed by atoms with Crippen molar-refractivity contribution < 1.29 is 72.9 Å². The van der Waals surface area contributed by atoms with Crippen molar-refractivity contribution in [2.45, 2.75) is 102 Å². The van der Waals surface area contributed by atoms with Crippen LogP contribution < -0.4 is 10.6 Å². The Balaban J connectivity index is 0.000000788. The van der Waals surface area contributed by atoms with E-state index in [9.17, 15) is 44.1 Å². The molecule has 2 amide bonds. The first-order valence-corrected chi connectivity index (χ1v) is 13.4. The van der Waals surface area contributed by atoms with Crippen LogP contribution in [0.15, 0.2) is 0 Å². The fraction of sp³-hybridized carbons (Fsp3) is 0.750. The van der Waals surface area contributed by atoms with Crippen LogP contribution in [0.25, 0.3) is 0 Å². The first-order valence-electron chi connectivity index (χ1n) is 12.6. The maximum Gasteiger partial charge on any atom is 0.303 e. The van der Waals surface area contributed by atoms with Crippen molar-refractivity contribution in [1.82, 2.24) is 10.6 Å². The van der Waals surface area contributed by atoms with Gasteiger partial charge in [-0.3, -0.25) is 28.8 Å². The van der Waals surface area contributed by atoms with E-state index >= 15 is 0 Å². The van der Waals surface area contributed by atoms with Crippen LogP contribution in [0.5, 0.6) is 0 Å². The lowest BCUT2D eigenvalue weighted by molar-refractivity contribution is -0.253. The summed E-state index contributed by atoms with van der Waals surface area (Å²) >= 11 is 10.7. The molecule has 0 aromatic heterocycles. The van der Waals surface area contributed by atoms with Gasteiger partial charge < -0.3 is 54.7 Å². The molecule has 0 aromatic rings. The van der Waals surface area contributed by atoms with Gasteiger partial charge in [0.2, 0.25) is 17.1 Å². The molecule has 0 spiro atoms. The lowest BCUT2D eigenvalue weighted by atomic mass is 9.97. The Bertz CT molecular complexity index is 967. The zero-order chi connectivity index (χ0) is 33.6. The molecule has 43 heavy (non-hydrogen) atoms. The van der Waals surface area contributed by atoms with Crippen LogP contribution in [0.4, 0.5) is 0 Å². The van der Waals surface area contributed by atoms with Crippen molar-refractivity contribution in [2.75, 3.05) is 13.2 Å². The lowest BCUT2D eigenvalue weighted by Gasteiger charge is -2.43. The van der Waals surface area contributed by atoms with Gasteiger partial charge in [0.1, 0.15) is 43.1 Å². The van der Waals surface area contributed by atoms with Crippen LogP contribution in [0.3, 0.4) is 0 Å². The Morgan fingerprint density at radius 2 is 1.19 bits per heavy atom. The highest BCUT2D eigenvalue weighted by atomic mass is 35.5. The number of rotatable bonds is 7. The molecule has 17 nitrogen and oxygen atoms in total. The molecule has 248 valence electrons. The van der Waals surface area contributed by atoms with E-state index in [-0.39, 0.29) is 11.8 Å². The van der Waals surface area contributed by atoms with E-state index in [2.05, 4.69) is 22.2 Å². The average molecular weight is 665 g/mol. The van der Waals surface area contributed by atoms with Crippen LogP contribution in [-0.4, -0.2) is 129 Å². The summed E-state index contributed by atoms with van der Waals surface area (Å²) in [5.41, 5.74) is -1.09. The molecule has 0 aliphatic carbocycles. The number of halogens is 2. The van der Waals surface area contributed by atoms with Gasteiger partial charge in [0.05, 0.1) is 6.61 Å². The summed E-state index contributed by atoms with van der Waals surface area (Å²) in [6.45, 7) is 6.49. The number of hydrogen-bond acceptors (Lipinski definition) is 15. The SMILES string of the molecule is CC(=O)Cl.CC(=O)NC1C(Cl)OC(COC(C)=O)C(OC(C)=O)C1OC(C)=O.CC(=O)NC1C(O)OC(CO)C(O)C1O. The number of hydrogen-bond donors (Lipinski definition) is 6. The molecule has 0 radical (unpaired) electrons. The maximum absolute atomic E-state index is 11.4. The topological polar surface area (TPSA) is 254 Å². The van der Waals surface area contributed by atoms with Gasteiger partial charge in [-0.25, -0.2) is 0 Å². The zero-order valence-electron chi connectivity index (χ0n) is 24.2. The molecule has 0 aromatic carbocycles. The maximum atomic E-state index is 11.4. The Morgan fingerprint density at radius 3 is 1.60 bits per heavy atom. The predicted octanol–water partition coefficient (Wildman–Crippen LogP) is -2.42. The minimum atomic E-state index is -1.45. The van der Waals surface area contributed by atoms with E-state index in [4.69, 9.17) is 40.4 Å². The van der Waals surface area contributed by atoms with Crippen molar-refractivity contribution in [3.05, 3.63) is 0 Å². The van der Waals surface area contributed by atoms with Gasteiger partial charge in [-0.15, -0.1) is 0 Å². The second kappa shape index (κ2) is 19.6. The fourth-order valence-electron chi connectivity index (χ4n) is 3.76. The van der Waals surface area contributed by atoms with E-state index in [0.29, 0.717) is 0 Å². The first kappa shape index (κ1) is 40.4. The molecule has 10 unspecified atom stereocenters. The summed E-state index contributed by atoms with van der Waals surface area (Å²) < 4.78 is 25.5. The zero-order valence-corrected chi connectivity index (χ0v) is 25.7. The molecule has 2 saturated heterocycles. The molecule has 2 rings (SSSR count). The molecule has 2 heterocycles. The van der Waals surface area contributed by atoms with Gasteiger partial charge in [0.15, 0.2) is 24.1 Å². The highest BCUT2D eigenvalue weighted by Crippen LogP contribution is 2.29. The van der Waals surface area contributed by atoms with Gasteiger partial charge in [-0.2, -0.15) is 0 Å². The van der Waals surface area contributed by atoms with Crippen LogP contribution in [0, 0.1) is 0 Å². The minimum Gasteiger partial charge on any atom is -0.463 e. The summed E-state index contributed by atoms with van der Waals surface area (Å²) in [7, 11) is 0. The smallest absolute Gasteiger partial charge is 0.303 e. The summed E-state index contributed by atoms with van der Waals surface area (Å²) in [6.07, 6.45) is -8.42. The highest BCUT2D eigenvalue weighted by Gasteiger charge is 2.50. The van der Waals surface area contributed by atoms with Crippen LogP contribution in [0.1, 0.15) is 41.5 Å². The number of carbonyl (C=O) groups is 6. The van der Waals surface area contributed by atoms with Gasteiger partial charge in [-0.1, -0.05) is 11.6 Å². The molecule has 0 bridgehead atoms. The molecule has 2 aliphatic rings. The van der Waals surface area contributed by atoms with Crippen LogP contribution in [-0.2, 0) is 52.5 Å². The number of carbonyl (C=O) groups excluding carboxylic acids is 6. The number of nitrogens with one attached hydrogen (secondary N) is 2. The van der Waals surface area contributed by atoms with E-state index in [1.54, 1.807) is 0 Å². The number of aliphatic hydroxyl groups excluding tert-OH is 4. The highest BCUT2D eigenvalue weighted by molar-refractivity contribution is 6.62. The summed E-state index contributed by atoms with van der Waals surface area (Å²) in [4.78, 5) is 65.1. The largest absolute Gasteiger partial charge is 0.463 e. The second-order valence-electron chi connectivity index (χ2n) is 9.13. The number of esters is 3. The normalized spacial score (nSPS) is 31.3. The molecule has 10 atom stereocenters. The third kappa shape index (κ3) is 15.1. The van der Waals surface area contributed by atoms with E-state index in [1.807, 2.05) is 0 Å². The molecule has 19 heteroatoms. The van der Waals surface area contributed by atoms with Gasteiger partial charge in [0.25, 0.3) is 0 Å². The van der Waals surface area contributed by atoms with Crippen molar-refractivity contribution >= 4 is 58.2 Å². The van der Waals surface area contributed by atoms with E-state index in [0.717, 1.165) is 13.8 Å². The fourth-order valence-corrected chi connectivity index (χ4v) is 4.10. The Morgan fingerprint density at radius 1 is 0.721 bits per heavy atom. The second-order valence-corrected chi connectivity index (χ2v) is 10.1. The Kier molecular flexibility index (Phi) is 18.4. The lowest BCUT2D eigenvalue weighted by Crippen LogP contribution is -2.64. The minimum absolute atomic E-state index is 0.263. The molecule has 6 N–H and O–H groups in total. The number of ether oxygens (including phenoxy) is 5. The summed E-state index contributed by atoms with van der Waals surface area (Å²) in [5, 5.41) is 41.5. The third-order valence-electron chi connectivity index (χ3n) is 5.33. The Hall–Kier alpha value is -2.64. The molecular weight excluding hydrogens is 627 g/mol. The first-order chi connectivity index (χ1) is 19.8. The van der Waals surface area contributed by atoms with Gasteiger partial charge >= 0.3 is 17.9 Å². The quantitative estimate of drug-likeness (QED) is 0.0716. The standard InChI is InChI=1S/C14H20ClNO8.C8H15NO6.C2H3ClO/c1-6(17)16-11-13(23-9(4)20)12(22-8(3)19)10(24-14(11)15)5-21-7(2)18;1-3(11)9-5-7(13)6(12)4(2-10)15-8(5)14;1-2(3)4/h10-14H,5H2,1-4H3,(H,16,17);4-8,10,12-14H,2H2,1H3,(H,9,11);1H3. The molecule has 0 saturated carbocycles. The Labute approximate surface area is 257 Å². The van der Waals surface area contributed by atoms with Crippen molar-refractivity contribution in [1.29, 1.82) is 0 Å². The van der Waals surface area contributed by atoms with Crippen LogP contribution in [0.2, 0.25) is 0 Å². The van der Waals surface area contributed by atoms with Gasteiger partial charge in [-0.05, 0) is 11.6 Å². The average Bonchev–Trinajstić information content (AvgIpc) is 2.86. The predicted molar refractivity (Wildman–Crippen MR) is 144 cm³/mol. The van der Waals surface area contributed by atoms with Crippen molar-refractivity contribution in [3.8, 4) is 0 Å². The van der Waals surface area contributed by atoms with Crippen molar-refractivity contribution in [3.63, 3.8) is 0 Å². The molecular formula is C24H38Cl2N2O15. The monoisotopic (exact) mass is 664 g/mol. The molecule has 2 fully saturated rings. The van der Waals surface area contributed by atoms with E-state index in [1.165, 1.54) is 27.7 Å². The van der Waals surface area contributed by atoms with Crippen LogP contribution >= 0.6 is 23.2 Å². The molecule has 2 aliphatic heterocycles. The number of aliphatic hydroxyl groups is 4. The third-order valence-corrected chi connectivity index (χ3v) is 5.70. The summed E-state index contributed by atoms with van der Waals surface area (Å²) in [6, 6.07) is -2.05. The number of amides is 2. The van der Waals surface area contributed by atoms with E-state index < -0.39 is 96.9 Å². The van der Waals surface area contributed by atoms with Crippen molar-refractivity contribution in [2.24, 2.45) is 0 Å². The number of alkyl halides is 1. The summed E-state index contributed by atoms with van der Waals surface area (Å²) in [5.74, 6) is -2.80. The van der Waals surface area contributed by atoms with Gasteiger partial charge in [0, 0.05) is 41.5 Å².